The summed E-state index contributed by atoms with van der Waals surface area (Å²) in [6.07, 6.45) is 1.64. The number of rotatable bonds is 2. The molecule has 0 bridgehead atoms. The van der Waals surface area contributed by atoms with Crippen molar-refractivity contribution in [3.8, 4) is 0 Å². The highest BCUT2D eigenvalue weighted by Crippen LogP contribution is 2.16. The fourth-order valence-corrected chi connectivity index (χ4v) is 1.80. The van der Waals surface area contributed by atoms with Gasteiger partial charge in [0, 0.05) is 13.0 Å². The van der Waals surface area contributed by atoms with Crippen LogP contribution in [0.5, 0.6) is 0 Å². The van der Waals surface area contributed by atoms with Crippen molar-refractivity contribution in [2.45, 2.75) is 19.4 Å². The summed E-state index contributed by atoms with van der Waals surface area (Å²) < 4.78 is 12.1. The molecule has 0 fully saturated rings. The van der Waals surface area contributed by atoms with Gasteiger partial charge in [-0.25, -0.2) is 0 Å². The third-order valence-electron chi connectivity index (χ3n) is 2.54. The SMILES string of the molecule is FCCc1ccc2c(c1)CCNC2. The minimum Gasteiger partial charge on any atom is -0.312 e. The molecule has 1 aliphatic heterocycles. The van der Waals surface area contributed by atoms with Crippen molar-refractivity contribution in [2.24, 2.45) is 0 Å². The van der Waals surface area contributed by atoms with Crippen LogP contribution in [0.15, 0.2) is 18.2 Å². The first-order valence-electron chi connectivity index (χ1n) is 4.77. The molecule has 0 aromatic heterocycles. The maximum Gasteiger partial charge on any atom is 0.0934 e. The Bertz CT molecular complexity index is 296. The molecule has 1 heterocycles. The van der Waals surface area contributed by atoms with Gasteiger partial charge in [0.1, 0.15) is 0 Å². The summed E-state index contributed by atoms with van der Waals surface area (Å²) in [5.41, 5.74) is 3.89. The van der Waals surface area contributed by atoms with Crippen LogP contribution in [0.4, 0.5) is 4.39 Å². The second-order valence-electron chi connectivity index (χ2n) is 3.47. The average molecular weight is 179 g/mol. The second-order valence-corrected chi connectivity index (χ2v) is 3.47. The molecule has 13 heavy (non-hydrogen) atoms. The molecule has 1 N–H and O–H groups in total. The number of nitrogens with one attached hydrogen (secondary N) is 1. The summed E-state index contributed by atoms with van der Waals surface area (Å²) >= 11 is 0. The first-order valence-corrected chi connectivity index (χ1v) is 4.77. The topological polar surface area (TPSA) is 12.0 Å². The molecule has 0 aliphatic carbocycles. The van der Waals surface area contributed by atoms with Crippen LogP contribution >= 0.6 is 0 Å². The maximum absolute atomic E-state index is 12.1. The molecule has 2 rings (SSSR count). The largest absolute Gasteiger partial charge is 0.312 e. The molecule has 0 saturated carbocycles. The molecule has 1 aromatic carbocycles. The van der Waals surface area contributed by atoms with Crippen LogP contribution in [0.25, 0.3) is 0 Å². The maximum atomic E-state index is 12.1. The Morgan fingerprint density at radius 1 is 1.31 bits per heavy atom. The molecule has 70 valence electrons. The van der Waals surface area contributed by atoms with E-state index in [0.29, 0.717) is 6.42 Å². The van der Waals surface area contributed by atoms with Crippen molar-refractivity contribution in [1.82, 2.24) is 5.32 Å². The highest BCUT2D eigenvalue weighted by Gasteiger charge is 2.08. The van der Waals surface area contributed by atoms with Gasteiger partial charge < -0.3 is 5.32 Å². The van der Waals surface area contributed by atoms with Gasteiger partial charge in [0.15, 0.2) is 0 Å². The minimum absolute atomic E-state index is 0.253. The zero-order valence-corrected chi connectivity index (χ0v) is 7.65. The Morgan fingerprint density at radius 3 is 3.08 bits per heavy atom. The van der Waals surface area contributed by atoms with Gasteiger partial charge in [0.25, 0.3) is 0 Å². The van der Waals surface area contributed by atoms with Crippen LogP contribution in [-0.4, -0.2) is 13.2 Å². The van der Waals surface area contributed by atoms with Crippen LogP contribution in [0.2, 0.25) is 0 Å². The Balaban J connectivity index is 2.24. The molecule has 0 spiro atoms. The van der Waals surface area contributed by atoms with E-state index in [1.807, 2.05) is 6.07 Å². The van der Waals surface area contributed by atoms with Crippen LogP contribution in [0, 0.1) is 0 Å². The Kier molecular flexibility index (Phi) is 2.60. The van der Waals surface area contributed by atoms with Crippen molar-refractivity contribution >= 4 is 0 Å². The molecule has 1 nitrogen and oxygen atoms in total. The number of hydrogen-bond donors (Lipinski definition) is 1. The number of aryl methyl sites for hydroxylation is 1. The Labute approximate surface area is 78.0 Å². The van der Waals surface area contributed by atoms with Crippen LogP contribution < -0.4 is 5.32 Å². The lowest BCUT2D eigenvalue weighted by atomic mass is 9.98. The molecular formula is C11H14FN. The molecule has 0 atom stereocenters. The van der Waals surface area contributed by atoms with Crippen molar-refractivity contribution in [3.63, 3.8) is 0 Å². The molecule has 2 heteroatoms. The van der Waals surface area contributed by atoms with Crippen LogP contribution in [-0.2, 0) is 19.4 Å². The lowest BCUT2D eigenvalue weighted by molar-refractivity contribution is 0.495. The van der Waals surface area contributed by atoms with E-state index in [1.165, 1.54) is 11.1 Å². The molecule has 1 aliphatic rings. The number of fused-ring (bicyclic) bond motifs is 1. The van der Waals surface area contributed by atoms with E-state index in [-0.39, 0.29) is 6.67 Å². The molecular weight excluding hydrogens is 165 g/mol. The Hall–Kier alpha value is -0.890. The molecule has 0 radical (unpaired) electrons. The normalized spacial score (nSPS) is 15.5. The minimum atomic E-state index is -0.253. The number of alkyl halides is 1. The summed E-state index contributed by atoms with van der Waals surface area (Å²) in [6, 6.07) is 6.30. The monoisotopic (exact) mass is 179 g/mol. The van der Waals surface area contributed by atoms with Gasteiger partial charge in [-0.15, -0.1) is 0 Å². The standard InChI is InChI=1S/C11H14FN/c12-5-3-9-1-2-11-8-13-6-4-10(11)7-9/h1-2,7,13H,3-6,8H2. The number of hydrogen-bond acceptors (Lipinski definition) is 1. The van der Waals surface area contributed by atoms with Gasteiger partial charge in [-0.3, -0.25) is 4.39 Å². The molecule has 0 saturated heterocycles. The second kappa shape index (κ2) is 3.88. The van der Waals surface area contributed by atoms with Crippen LogP contribution in [0.1, 0.15) is 16.7 Å². The zero-order chi connectivity index (χ0) is 9.10. The molecule has 0 unspecified atom stereocenters. The first kappa shape index (κ1) is 8.70. The van der Waals surface area contributed by atoms with E-state index in [1.54, 1.807) is 0 Å². The van der Waals surface area contributed by atoms with E-state index in [4.69, 9.17) is 0 Å². The van der Waals surface area contributed by atoms with Crippen molar-refractivity contribution in [1.29, 1.82) is 0 Å². The first-order chi connectivity index (χ1) is 6.40. The highest BCUT2D eigenvalue weighted by molar-refractivity contribution is 5.33. The number of benzene rings is 1. The van der Waals surface area contributed by atoms with Crippen molar-refractivity contribution in [2.75, 3.05) is 13.2 Å². The van der Waals surface area contributed by atoms with Crippen molar-refractivity contribution in [3.05, 3.63) is 34.9 Å². The van der Waals surface area contributed by atoms with Gasteiger partial charge in [0.05, 0.1) is 6.67 Å². The van der Waals surface area contributed by atoms with E-state index in [9.17, 15) is 4.39 Å². The third-order valence-corrected chi connectivity index (χ3v) is 2.54. The van der Waals surface area contributed by atoms with Gasteiger partial charge >= 0.3 is 0 Å². The highest BCUT2D eigenvalue weighted by atomic mass is 19.1. The van der Waals surface area contributed by atoms with Gasteiger partial charge in [0.2, 0.25) is 0 Å². The molecule has 1 aromatic rings. The molecule has 0 amide bonds. The van der Waals surface area contributed by atoms with Gasteiger partial charge in [-0.05, 0) is 29.7 Å². The van der Waals surface area contributed by atoms with Crippen molar-refractivity contribution < 1.29 is 4.39 Å². The van der Waals surface area contributed by atoms with E-state index in [2.05, 4.69) is 17.4 Å². The van der Waals surface area contributed by atoms with E-state index < -0.39 is 0 Å². The fraction of sp³-hybridized carbons (Fsp3) is 0.455. The summed E-state index contributed by atoms with van der Waals surface area (Å²) in [5.74, 6) is 0. The number of halogens is 1. The van der Waals surface area contributed by atoms with E-state index >= 15 is 0 Å². The van der Waals surface area contributed by atoms with Gasteiger partial charge in [-0.1, -0.05) is 18.2 Å². The smallest absolute Gasteiger partial charge is 0.0934 e. The summed E-state index contributed by atoms with van der Waals surface area (Å²) in [4.78, 5) is 0. The van der Waals surface area contributed by atoms with Gasteiger partial charge in [-0.2, -0.15) is 0 Å². The average Bonchev–Trinajstić information content (AvgIpc) is 2.18. The summed E-state index contributed by atoms with van der Waals surface area (Å²) in [7, 11) is 0. The quantitative estimate of drug-likeness (QED) is 0.730. The lowest BCUT2D eigenvalue weighted by Gasteiger charge is -2.17. The van der Waals surface area contributed by atoms with Crippen LogP contribution in [0.3, 0.4) is 0 Å². The lowest BCUT2D eigenvalue weighted by Crippen LogP contribution is -2.23. The summed E-state index contributed by atoms with van der Waals surface area (Å²) in [5, 5.41) is 3.32. The Morgan fingerprint density at radius 2 is 2.23 bits per heavy atom. The zero-order valence-electron chi connectivity index (χ0n) is 7.65. The summed E-state index contributed by atoms with van der Waals surface area (Å²) in [6.45, 7) is 1.76. The predicted octanol–water partition coefficient (Wildman–Crippen LogP) is 1.84. The fourth-order valence-electron chi connectivity index (χ4n) is 1.80. The third kappa shape index (κ3) is 1.89. The van der Waals surface area contributed by atoms with E-state index in [0.717, 1.165) is 25.1 Å². The predicted molar refractivity (Wildman–Crippen MR) is 51.5 cm³/mol.